The number of fused-ring (bicyclic) bond motifs is 4. The van der Waals surface area contributed by atoms with Crippen molar-refractivity contribution in [2.45, 2.75) is 37.3 Å². The predicted octanol–water partition coefficient (Wildman–Crippen LogP) is 6.67. The molecule has 0 radical (unpaired) electrons. The molecule has 3 aliphatic rings. The van der Waals surface area contributed by atoms with Crippen LogP contribution in [0, 0.1) is 11.8 Å². The molecule has 13 heteroatoms. The zero-order valence-electron chi connectivity index (χ0n) is 23.9. The van der Waals surface area contributed by atoms with Crippen molar-refractivity contribution in [2.75, 3.05) is 30.8 Å². The van der Waals surface area contributed by atoms with Crippen LogP contribution in [0.1, 0.15) is 35.6 Å². The van der Waals surface area contributed by atoms with Crippen molar-refractivity contribution in [2.24, 2.45) is 11.8 Å². The van der Waals surface area contributed by atoms with Gasteiger partial charge < -0.3 is 15.4 Å². The number of piperidine rings is 3. The number of halogens is 6. The van der Waals surface area contributed by atoms with Crippen LogP contribution in [0.5, 0.6) is 5.75 Å². The van der Waals surface area contributed by atoms with Gasteiger partial charge in [-0.1, -0.05) is 6.08 Å². The Bertz CT molecular complexity index is 1810. The maximum absolute atomic E-state index is 13.5. The number of alkyl halides is 6. The largest absolute Gasteiger partial charge is 0.497 e. The molecule has 236 valence electrons. The molecule has 0 saturated carbocycles. The van der Waals surface area contributed by atoms with Crippen LogP contribution in [0.3, 0.4) is 0 Å². The minimum Gasteiger partial charge on any atom is -0.497 e. The predicted molar refractivity (Wildman–Crippen MR) is 158 cm³/mol. The van der Waals surface area contributed by atoms with Crippen molar-refractivity contribution in [3.05, 3.63) is 98.5 Å². The van der Waals surface area contributed by atoms with E-state index in [1.807, 2.05) is 6.08 Å². The normalized spacial score (nSPS) is 22.4. The lowest BCUT2D eigenvalue weighted by Gasteiger charge is -2.52. The highest BCUT2D eigenvalue weighted by Gasteiger charge is 2.44. The first-order chi connectivity index (χ1) is 21.3. The number of benzene rings is 2. The summed E-state index contributed by atoms with van der Waals surface area (Å²) in [5.41, 5.74) is -4.95. The van der Waals surface area contributed by atoms with Crippen LogP contribution in [0.2, 0.25) is 0 Å². The van der Waals surface area contributed by atoms with Gasteiger partial charge in [-0.15, -0.1) is 6.58 Å². The summed E-state index contributed by atoms with van der Waals surface area (Å²) < 4.78 is 86.4. The van der Waals surface area contributed by atoms with Crippen LogP contribution in [0.15, 0.2) is 70.9 Å². The summed E-state index contributed by atoms with van der Waals surface area (Å²) in [6.45, 7) is 5.48. The van der Waals surface area contributed by atoms with E-state index in [-0.39, 0.29) is 23.7 Å². The zero-order valence-corrected chi connectivity index (χ0v) is 23.9. The van der Waals surface area contributed by atoms with Gasteiger partial charge in [0.05, 0.1) is 29.8 Å². The molecule has 5 unspecified atom stereocenters. The molecule has 7 rings (SSSR count). The van der Waals surface area contributed by atoms with E-state index in [0.29, 0.717) is 29.3 Å². The fraction of sp³-hybridized carbons (Fsp3) is 0.344. The summed E-state index contributed by atoms with van der Waals surface area (Å²) in [7, 11) is 1.52. The molecule has 5 atom stereocenters. The third-order valence-corrected chi connectivity index (χ3v) is 8.92. The lowest BCUT2D eigenvalue weighted by atomic mass is 9.73. The molecule has 7 nitrogen and oxygen atoms in total. The standard InChI is InChI=1S/C32H28F6N4O3/c1-3-16-15-42-9-7-17(16)10-25(42)26(22-6-8-39-24-5-4-21(45-2)14-23(22)24)41-28-27(29(43)30(28)44)40-20-12-18(31(33,34)35)11-19(13-20)32(36,37)38/h3-6,8,11-14,16-17,25-26,40-41H,1,7,9-10,15H2,2H3. The topological polar surface area (TPSA) is 83.6 Å². The van der Waals surface area contributed by atoms with Gasteiger partial charge in [0.1, 0.15) is 17.1 Å². The number of rotatable bonds is 8. The van der Waals surface area contributed by atoms with Crippen molar-refractivity contribution < 1.29 is 31.1 Å². The second-order valence-corrected chi connectivity index (χ2v) is 11.5. The van der Waals surface area contributed by atoms with Crippen molar-refractivity contribution in [1.82, 2.24) is 9.88 Å². The average molecular weight is 631 g/mol. The number of anilines is 3. The molecule has 1 aromatic heterocycles. The van der Waals surface area contributed by atoms with Gasteiger partial charge in [-0.3, -0.25) is 19.5 Å². The van der Waals surface area contributed by atoms with E-state index in [4.69, 9.17) is 4.74 Å². The molecule has 2 N–H and O–H groups in total. The van der Waals surface area contributed by atoms with Gasteiger partial charge in [0, 0.05) is 29.9 Å². The minimum absolute atomic E-state index is 0.00556. The highest BCUT2D eigenvalue weighted by Crippen LogP contribution is 2.44. The van der Waals surface area contributed by atoms with E-state index in [0.717, 1.165) is 36.9 Å². The Morgan fingerprint density at radius 3 is 2.29 bits per heavy atom. The van der Waals surface area contributed by atoms with Crippen LogP contribution in [0.4, 0.5) is 43.4 Å². The highest BCUT2D eigenvalue weighted by molar-refractivity contribution is 5.85. The van der Waals surface area contributed by atoms with Crippen LogP contribution in [0.25, 0.3) is 10.9 Å². The number of pyridine rings is 1. The first-order valence-corrected chi connectivity index (χ1v) is 14.2. The van der Waals surface area contributed by atoms with Crippen molar-refractivity contribution in [3.63, 3.8) is 0 Å². The molecule has 0 spiro atoms. The lowest BCUT2D eigenvalue weighted by molar-refractivity contribution is -0.143. The smallest absolute Gasteiger partial charge is 0.416 e. The number of hydrogen-bond acceptors (Lipinski definition) is 7. The van der Waals surface area contributed by atoms with Gasteiger partial charge in [0.25, 0.3) is 10.9 Å². The number of aromatic nitrogens is 1. The van der Waals surface area contributed by atoms with Crippen LogP contribution >= 0.6 is 0 Å². The molecule has 2 bridgehead atoms. The third-order valence-electron chi connectivity index (χ3n) is 8.92. The number of methoxy groups -OCH3 is 1. The van der Waals surface area contributed by atoms with Gasteiger partial charge in [0.15, 0.2) is 0 Å². The molecule has 45 heavy (non-hydrogen) atoms. The minimum atomic E-state index is -5.08. The maximum atomic E-state index is 13.5. The molecular weight excluding hydrogens is 602 g/mol. The fourth-order valence-corrected chi connectivity index (χ4v) is 6.63. The Balaban J connectivity index is 1.43. The first-order valence-electron chi connectivity index (χ1n) is 14.2. The lowest BCUT2D eigenvalue weighted by Crippen LogP contribution is -2.56. The van der Waals surface area contributed by atoms with Crippen molar-refractivity contribution in [3.8, 4) is 5.75 Å². The summed E-state index contributed by atoms with van der Waals surface area (Å²) in [6.07, 6.45) is -4.94. The average Bonchev–Trinajstić information content (AvgIpc) is 3.03. The van der Waals surface area contributed by atoms with E-state index < -0.39 is 51.8 Å². The molecule has 0 aliphatic carbocycles. The van der Waals surface area contributed by atoms with Gasteiger partial charge in [-0.2, -0.15) is 26.3 Å². The fourth-order valence-electron chi connectivity index (χ4n) is 6.63. The Kier molecular flexibility index (Phi) is 7.62. The Morgan fingerprint density at radius 2 is 1.69 bits per heavy atom. The summed E-state index contributed by atoms with van der Waals surface area (Å²) in [4.78, 5) is 32.4. The molecule has 4 aromatic rings. The van der Waals surface area contributed by atoms with Crippen LogP contribution < -0.4 is 26.2 Å². The second kappa shape index (κ2) is 11.2. The number of nitrogens with one attached hydrogen (secondary N) is 2. The second-order valence-electron chi connectivity index (χ2n) is 11.5. The van der Waals surface area contributed by atoms with Gasteiger partial charge in [0.2, 0.25) is 0 Å². The SMILES string of the molecule is C=CC1CN2CCC1CC2C(Nc1c(Nc2cc(C(F)(F)F)cc(C(F)(F)F)c2)c(=O)c1=O)c1ccnc2ccc(OC)cc12. The third kappa shape index (κ3) is 5.65. The number of hydrogen-bond donors (Lipinski definition) is 2. The maximum Gasteiger partial charge on any atom is 0.416 e. The Labute approximate surface area is 253 Å². The number of nitrogens with zero attached hydrogens (tertiary/aromatic N) is 2. The molecule has 3 fully saturated rings. The Hall–Kier alpha value is -4.39. The number of ether oxygens (including phenoxy) is 1. The molecular formula is C32H28F6N4O3. The van der Waals surface area contributed by atoms with E-state index in [1.54, 1.807) is 30.5 Å². The zero-order chi connectivity index (χ0) is 32.3. The summed E-state index contributed by atoms with van der Waals surface area (Å²) in [5, 5.41) is 6.30. The van der Waals surface area contributed by atoms with Gasteiger partial charge >= 0.3 is 12.4 Å². The van der Waals surface area contributed by atoms with Gasteiger partial charge in [-0.05, 0) is 79.3 Å². The van der Waals surface area contributed by atoms with E-state index >= 15 is 0 Å². The van der Waals surface area contributed by atoms with Crippen LogP contribution in [-0.4, -0.2) is 36.1 Å². The van der Waals surface area contributed by atoms with E-state index in [9.17, 15) is 35.9 Å². The van der Waals surface area contributed by atoms with Gasteiger partial charge in [-0.25, -0.2) is 0 Å². The summed E-state index contributed by atoms with van der Waals surface area (Å²) >= 11 is 0. The molecule has 3 aromatic carbocycles. The monoisotopic (exact) mass is 630 g/mol. The summed E-state index contributed by atoms with van der Waals surface area (Å²) in [5.74, 6) is 1.16. The summed E-state index contributed by atoms with van der Waals surface area (Å²) in [6, 6.07) is 7.29. The molecule has 4 heterocycles. The van der Waals surface area contributed by atoms with E-state index in [2.05, 4.69) is 27.1 Å². The van der Waals surface area contributed by atoms with Crippen molar-refractivity contribution in [1.29, 1.82) is 0 Å². The molecule has 0 amide bonds. The van der Waals surface area contributed by atoms with Crippen LogP contribution in [-0.2, 0) is 12.4 Å². The quantitative estimate of drug-likeness (QED) is 0.128. The highest BCUT2D eigenvalue weighted by atomic mass is 19.4. The van der Waals surface area contributed by atoms with E-state index in [1.165, 1.54) is 7.11 Å². The van der Waals surface area contributed by atoms with Crippen molar-refractivity contribution >= 4 is 28.0 Å². The molecule has 3 saturated heterocycles. The first kappa shape index (κ1) is 30.6. The molecule has 3 aliphatic heterocycles. The Morgan fingerprint density at radius 1 is 1.00 bits per heavy atom.